The summed E-state index contributed by atoms with van der Waals surface area (Å²) in [5.74, 6) is -1.44. The zero-order chi connectivity index (χ0) is 14.3. The summed E-state index contributed by atoms with van der Waals surface area (Å²) in [5.41, 5.74) is 0.605. The van der Waals surface area contributed by atoms with Gasteiger partial charge in [0.2, 0.25) is 0 Å². The van der Waals surface area contributed by atoms with Crippen LogP contribution in [0.3, 0.4) is 0 Å². The Morgan fingerprint density at radius 3 is 2.37 bits per heavy atom. The molecule has 0 fully saturated rings. The molecule has 1 N–H and O–H groups in total. The summed E-state index contributed by atoms with van der Waals surface area (Å²) in [6, 6.07) is 5.66. The summed E-state index contributed by atoms with van der Waals surface area (Å²) < 4.78 is 4.91. The first-order valence-electron chi connectivity index (χ1n) is 5.60. The molecule has 7 heteroatoms. The minimum absolute atomic E-state index is 0.0178. The number of non-ortho nitro benzene ring substituents is 1. The Kier molecular flexibility index (Phi) is 5.46. The number of carbonyl (C=O) groups excluding carboxylic acids is 1. The number of nitrogens with zero attached hydrogens (tertiary/aromatic N) is 1. The monoisotopic (exact) mass is 267 g/mol. The van der Waals surface area contributed by atoms with E-state index in [0.29, 0.717) is 5.56 Å². The quantitative estimate of drug-likeness (QED) is 0.459. The maximum atomic E-state index is 11.2. The number of rotatable bonds is 7. The standard InChI is InChI=1S/C12H13NO6/c14-11(15)2-1-3-12(16)19-8-9-4-6-10(7-5-9)13(17)18/h4-7H,1-3,8H2,(H,14,15). The lowest BCUT2D eigenvalue weighted by molar-refractivity contribution is -0.384. The van der Waals surface area contributed by atoms with Gasteiger partial charge in [-0.1, -0.05) is 0 Å². The molecule has 0 aliphatic heterocycles. The lowest BCUT2D eigenvalue weighted by Crippen LogP contribution is -2.05. The second-order valence-electron chi connectivity index (χ2n) is 3.83. The maximum Gasteiger partial charge on any atom is 0.306 e. The lowest BCUT2D eigenvalue weighted by atomic mass is 10.2. The summed E-state index contributed by atoms with van der Waals surface area (Å²) in [5, 5.41) is 18.8. The Labute approximate surface area is 109 Å². The van der Waals surface area contributed by atoms with Gasteiger partial charge in [0.25, 0.3) is 5.69 Å². The van der Waals surface area contributed by atoms with Gasteiger partial charge < -0.3 is 9.84 Å². The molecule has 0 saturated heterocycles. The van der Waals surface area contributed by atoms with E-state index in [1.54, 1.807) is 0 Å². The average Bonchev–Trinajstić information content (AvgIpc) is 2.36. The van der Waals surface area contributed by atoms with Crippen LogP contribution in [0, 0.1) is 10.1 Å². The zero-order valence-corrected chi connectivity index (χ0v) is 10.1. The van der Waals surface area contributed by atoms with Crippen LogP contribution in [0.4, 0.5) is 5.69 Å². The molecule has 0 bridgehead atoms. The molecule has 0 unspecified atom stereocenters. The summed E-state index contributed by atoms with van der Waals surface area (Å²) >= 11 is 0. The number of aliphatic carboxylic acids is 1. The third-order valence-electron chi connectivity index (χ3n) is 2.32. The molecule has 0 spiro atoms. The molecule has 0 aromatic heterocycles. The number of hydrogen-bond donors (Lipinski definition) is 1. The summed E-state index contributed by atoms with van der Waals surface area (Å²) in [7, 11) is 0. The number of benzene rings is 1. The molecule has 0 aliphatic carbocycles. The summed E-state index contributed by atoms with van der Waals surface area (Å²) in [6.45, 7) is 0.0178. The number of nitro groups is 1. The van der Waals surface area contributed by atoms with Crippen molar-refractivity contribution in [3.8, 4) is 0 Å². The van der Waals surface area contributed by atoms with E-state index in [0.717, 1.165) is 0 Å². The average molecular weight is 267 g/mol. The van der Waals surface area contributed by atoms with Crippen molar-refractivity contribution in [1.29, 1.82) is 0 Å². The predicted octanol–water partition coefficient (Wildman–Crippen LogP) is 1.89. The molecule has 19 heavy (non-hydrogen) atoms. The molecule has 0 amide bonds. The molecule has 0 heterocycles. The van der Waals surface area contributed by atoms with Gasteiger partial charge in [0, 0.05) is 25.0 Å². The van der Waals surface area contributed by atoms with Gasteiger partial charge in [-0.25, -0.2) is 0 Å². The van der Waals surface area contributed by atoms with Gasteiger partial charge in [0.05, 0.1) is 4.92 Å². The van der Waals surface area contributed by atoms with Crippen molar-refractivity contribution < 1.29 is 24.4 Å². The van der Waals surface area contributed by atoms with Gasteiger partial charge in [-0.3, -0.25) is 19.7 Å². The Morgan fingerprint density at radius 2 is 1.84 bits per heavy atom. The summed E-state index contributed by atoms with van der Waals surface area (Å²) in [6.07, 6.45) is 0.195. The fraction of sp³-hybridized carbons (Fsp3) is 0.333. The molecule has 1 aromatic rings. The van der Waals surface area contributed by atoms with Gasteiger partial charge in [-0.15, -0.1) is 0 Å². The third kappa shape index (κ3) is 5.62. The number of ether oxygens (including phenoxy) is 1. The van der Waals surface area contributed by atoms with Crippen molar-refractivity contribution >= 4 is 17.6 Å². The number of carboxylic acid groups (broad SMARTS) is 1. The minimum Gasteiger partial charge on any atom is -0.481 e. The van der Waals surface area contributed by atoms with E-state index < -0.39 is 16.9 Å². The third-order valence-corrected chi connectivity index (χ3v) is 2.32. The van der Waals surface area contributed by atoms with Crippen LogP contribution in [0.5, 0.6) is 0 Å². The van der Waals surface area contributed by atoms with Crippen LogP contribution in [0.1, 0.15) is 24.8 Å². The van der Waals surface area contributed by atoms with Crippen LogP contribution in [0.15, 0.2) is 24.3 Å². The number of hydrogen-bond acceptors (Lipinski definition) is 5. The number of nitro benzene ring substituents is 1. The molecule has 1 aromatic carbocycles. The summed E-state index contributed by atoms with van der Waals surface area (Å²) in [4.78, 5) is 31.4. The smallest absolute Gasteiger partial charge is 0.306 e. The molecule has 0 atom stereocenters. The van der Waals surface area contributed by atoms with Crippen molar-refractivity contribution in [2.75, 3.05) is 0 Å². The highest BCUT2D eigenvalue weighted by atomic mass is 16.6. The molecular weight excluding hydrogens is 254 g/mol. The fourth-order valence-electron chi connectivity index (χ4n) is 1.33. The van der Waals surface area contributed by atoms with Gasteiger partial charge in [0.15, 0.2) is 0 Å². The van der Waals surface area contributed by atoms with Crippen LogP contribution in [0.2, 0.25) is 0 Å². The van der Waals surface area contributed by atoms with Crippen LogP contribution in [0.25, 0.3) is 0 Å². The van der Waals surface area contributed by atoms with Gasteiger partial charge in [-0.05, 0) is 24.1 Å². The Balaban J connectivity index is 2.33. The molecule has 0 aliphatic rings. The Bertz CT molecular complexity index is 468. The first kappa shape index (κ1) is 14.6. The van der Waals surface area contributed by atoms with E-state index in [9.17, 15) is 19.7 Å². The molecule has 102 valence electrons. The van der Waals surface area contributed by atoms with Crippen LogP contribution in [-0.4, -0.2) is 22.0 Å². The molecule has 1 rings (SSSR count). The largest absolute Gasteiger partial charge is 0.481 e. The minimum atomic E-state index is -0.955. The zero-order valence-electron chi connectivity index (χ0n) is 10.1. The van der Waals surface area contributed by atoms with Crippen molar-refractivity contribution in [3.63, 3.8) is 0 Å². The highest BCUT2D eigenvalue weighted by molar-refractivity contribution is 5.71. The van der Waals surface area contributed by atoms with Crippen LogP contribution in [-0.2, 0) is 20.9 Å². The van der Waals surface area contributed by atoms with Crippen molar-refractivity contribution in [3.05, 3.63) is 39.9 Å². The SMILES string of the molecule is O=C(O)CCCC(=O)OCc1ccc([N+](=O)[O-])cc1. The van der Waals surface area contributed by atoms with Gasteiger partial charge in [-0.2, -0.15) is 0 Å². The van der Waals surface area contributed by atoms with E-state index in [4.69, 9.17) is 9.84 Å². The van der Waals surface area contributed by atoms with Crippen molar-refractivity contribution in [2.45, 2.75) is 25.9 Å². The molecule has 0 radical (unpaired) electrons. The van der Waals surface area contributed by atoms with Crippen LogP contribution < -0.4 is 0 Å². The van der Waals surface area contributed by atoms with Gasteiger partial charge >= 0.3 is 11.9 Å². The molecule has 0 saturated carbocycles. The van der Waals surface area contributed by atoms with E-state index in [2.05, 4.69) is 0 Å². The van der Waals surface area contributed by atoms with E-state index >= 15 is 0 Å². The van der Waals surface area contributed by atoms with Gasteiger partial charge in [0.1, 0.15) is 6.61 Å². The molecular formula is C12H13NO6. The predicted molar refractivity (Wildman–Crippen MR) is 64.4 cm³/mol. The molecule has 7 nitrogen and oxygen atoms in total. The second kappa shape index (κ2) is 7.10. The number of carbonyl (C=O) groups is 2. The van der Waals surface area contributed by atoms with Crippen LogP contribution >= 0.6 is 0 Å². The van der Waals surface area contributed by atoms with Crippen molar-refractivity contribution in [1.82, 2.24) is 0 Å². The lowest BCUT2D eigenvalue weighted by Gasteiger charge is -2.04. The van der Waals surface area contributed by atoms with Crippen molar-refractivity contribution in [2.24, 2.45) is 0 Å². The van der Waals surface area contributed by atoms with E-state index in [1.807, 2.05) is 0 Å². The first-order chi connectivity index (χ1) is 8.99. The number of esters is 1. The Morgan fingerprint density at radius 1 is 1.21 bits per heavy atom. The van der Waals surface area contributed by atoms with E-state index in [-0.39, 0.29) is 31.6 Å². The van der Waals surface area contributed by atoms with E-state index in [1.165, 1.54) is 24.3 Å². The first-order valence-corrected chi connectivity index (χ1v) is 5.60. The highest BCUT2D eigenvalue weighted by Crippen LogP contribution is 2.12. The normalized spacial score (nSPS) is 9.89. The fourth-order valence-corrected chi connectivity index (χ4v) is 1.33. The highest BCUT2D eigenvalue weighted by Gasteiger charge is 2.07. The Hall–Kier alpha value is -2.44. The maximum absolute atomic E-state index is 11.2. The number of carboxylic acids is 1. The topological polar surface area (TPSA) is 107 Å². The second-order valence-corrected chi connectivity index (χ2v) is 3.83.